The highest BCUT2D eigenvalue weighted by atomic mass is 16.1. The molecule has 0 fully saturated rings. The molecule has 122 valence electrons. The van der Waals surface area contributed by atoms with Gasteiger partial charge in [0, 0.05) is 12.0 Å². The monoisotopic (exact) mass is 326 g/mol. The summed E-state index contributed by atoms with van der Waals surface area (Å²) < 4.78 is 2.04. The zero-order valence-electron chi connectivity index (χ0n) is 13.8. The van der Waals surface area contributed by atoms with Crippen molar-refractivity contribution in [3.63, 3.8) is 0 Å². The van der Waals surface area contributed by atoms with Gasteiger partial charge in [0.25, 0.3) is 0 Å². The van der Waals surface area contributed by atoms with Gasteiger partial charge in [-0.15, -0.1) is 0 Å². The minimum absolute atomic E-state index is 0.0954. The average Bonchev–Trinajstić information content (AvgIpc) is 3.00. The molecular weight excluding hydrogens is 308 g/mol. The summed E-state index contributed by atoms with van der Waals surface area (Å²) in [6, 6.07) is 27.6. The maximum atomic E-state index is 12.7. The van der Waals surface area contributed by atoms with Crippen LogP contribution in [0.5, 0.6) is 0 Å². The molecule has 0 spiro atoms. The van der Waals surface area contributed by atoms with Crippen LogP contribution in [0.2, 0.25) is 0 Å². The first kappa shape index (κ1) is 15.3. The molecule has 0 saturated heterocycles. The second-order valence-electron chi connectivity index (χ2n) is 6.05. The number of benzene rings is 3. The molecule has 0 unspecified atom stereocenters. The molecule has 3 heteroatoms. The van der Waals surface area contributed by atoms with Crippen molar-refractivity contribution in [2.24, 2.45) is 0 Å². The van der Waals surface area contributed by atoms with Crippen LogP contribution in [0.3, 0.4) is 0 Å². The fraction of sp³-hybridized carbons (Fsp3) is 0.0909. The van der Waals surface area contributed by atoms with Crippen molar-refractivity contribution in [3.8, 4) is 0 Å². The van der Waals surface area contributed by atoms with Gasteiger partial charge < -0.3 is 4.57 Å². The van der Waals surface area contributed by atoms with Gasteiger partial charge in [-0.3, -0.25) is 4.79 Å². The maximum Gasteiger partial charge on any atom is 0.182 e. The number of hydrogen-bond acceptors (Lipinski definition) is 2. The van der Waals surface area contributed by atoms with Crippen LogP contribution in [-0.4, -0.2) is 15.3 Å². The Morgan fingerprint density at radius 3 is 2.20 bits per heavy atom. The number of carbonyl (C=O) groups excluding carboxylic acids is 1. The molecule has 3 aromatic carbocycles. The molecule has 0 aliphatic heterocycles. The lowest BCUT2D eigenvalue weighted by molar-refractivity contribution is 0.0972. The Hall–Kier alpha value is -3.20. The SMILES string of the molecule is O=C(Cn1c(Cc2ccccc2)nc2ccccc21)c1ccccc1. The minimum atomic E-state index is 0.0954. The van der Waals surface area contributed by atoms with Crippen molar-refractivity contribution >= 4 is 16.8 Å². The summed E-state index contributed by atoms with van der Waals surface area (Å²) in [5, 5.41) is 0. The second-order valence-corrected chi connectivity index (χ2v) is 6.05. The first-order valence-corrected chi connectivity index (χ1v) is 8.37. The lowest BCUT2D eigenvalue weighted by atomic mass is 10.1. The number of rotatable bonds is 5. The quantitative estimate of drug-likeness (QED) is 0.506. The van der Waals surface area contributed by atoms with Crippen molar-refractivity contribution in [3.05, 3.63) is 102 Å². The zero-order chi connectivity index (χ0) is 17.1. The molecule has 0 bridgehead atoms. The van der Waals surface area contributed by atoms with E-state index in [1.807, 2.05) is 77.4 Å². The van der Waals surface area contributed by atoms with Gasteiger partial charge in [0.05, 0.1) is 17.6 Å². The zero-order valence-corrected chi connectivity index (χ0v) is 13.8. The van der Waals surface area contributed by atoms with Crippen molar-refractivity contribution in [1.82, 2.24) is 9.55 Å². The van der Waals surface area contributed by atoms with Crippen LogP contribution in [0.15, 0.2) is 84.9 Å². The normalized spacial score (nSPS) is 10.9. The molecule has 0 aliphatic rings. The Morgan fingerprint density at radius 1 is 0.800 bits per heavy atom. The second kappa shape index (κ2) is 6.73. The third-order valence-electron chi connectivity index (χ3n) is 4.34. The summed E-state index contributed by atoms with van der Waals surface area (Å²) >= 11 is 0. The summed E-state index contributed by atoms with van der Waals surface area (Å²) in [5.41, 5.74) is 3.84. The van der Waals surface area contributed by atoms with Crippen LogP contribution >= 0.6 is 0 Å². The van der Waals surface area contributed by atoms with Crippen molar-refractivity contribution in [2.75, 3.05) is 0 Å². The van der Waals surface area contributed by atoms with Crippen LogP contribution < -0.4 is 0 Å². The van der Waals surface area contributed by atoms with Gasteiger partial charge in [0.15, 0.2) is 5.78 Å². The highest BCUT2D eigenvalue weighted by molar-refractivity contribution is 5.96. The van der Waals surface area contributed by atoms with Crippen LogP contribution in [0, 0.1) is 0 Å². The largest absolute Gasteiger partial charge is 0.320 e. The maximum absolute atomic E-state index is 12.7. The number of carbonyl (C=O) groups is 1. The Kier molecular flexibility index (Phi) is 4.13. The van der Waals surface area contributed by atoms with E-state index >= 15 is 0 Å². The number of hydrogen-bond donors (Lipinski definition) is 0. The lowest BCUT2D eigenvalue weighted by Gasteiger charge is -2.09. The van der Waals surface area contributed by atoms with Gasteiger partial charge in [-0.1, -0.05) is 72.8 Å². The molecule has 0 saturated carbocycles. The van der Waals surface area contributed by atoms with E-state index in [4.69, 9.17) is 4.98 Å². The molecule has 0 aliphatic carbocycles. The standard InChI is InChI=1S/C22H18N2O/c25-21(18-11-5-2-6-12-18)16-24-20-14-8-7-13-19(20)23-22(24)15-17-9-3-1-4-10-17/h1-14H,15-16H2. The van der Waals surface area contributed by atoms with Gasteiger partial charge in [-0.2, -0.15) is 0 Å². The molecule has 4 rings (SSSR count). The van der Waals surface area contributed by atoms with Crippen molar-refractivity contribution in [1.29, 1.82) is 0 Å². The molecule has 25 heavy (non-hydrogen) atoms. The Morgan fingerprint density at radius 2 is 1.44 bits per heavy atom. The van der Waals surface area contributed by atoms with Crippen molar-refractivity contribution < 1.29 is 4.79 Å². The molecule has 0 radical (unpaired) electrons. The van der Waals surface area contributed by atoms with E-state index in [1.165, 1.54) is 5.56 Å². The number of aromatic nitrogens is 2. The predicted molar refractivity (Wildman–Crippen MR) is 99.8 cm³/mol. The van der Waals surface area contributed by atoms with E-state index in [0.29, 0.717) is 13.0 Å². The summed E-state index contributed by atoms with van der Waals surface area (Å²) in [4.78, 5) is 17.5. The van der Waals surface area contributed by atoms with Gasteiger partial charge in [-0.25, -0.2) is 4.98 Å². The smallest absolute Gasteiger partial charge is 0.182 e. The van der Waals surface area contributed by atoms with Crippen LogP contribution in [0.4, 0.5) is 0 Å². The molecule has 0 atom stereocenters. The predicted octanol–water partition coefficient (Wildman–Crippen LogP) is 4.51. The summed E-state index contributed by atoms with van der Waals surface area (Å²) in [7, 11) is 0. The molecule has 0 N–H and O–H groups in total. The number of ketones is 1. The van der Waals surface area contributed by atoms with Gasteiger partial charge in [0.2, 0.25) is 0 Å². The number of imidazole rings is 1. The number of fused-ring (bicyclic) bond motifs is 1. The third-order valence-corrected chi connectivity index (χ3v) is 4.34. The van der Waals surface area contributed by atoms with E-state index in [0.717, 1.165) is 22.4 Å². The number of nitrogens with zero attached hydrogens (tertiary/aromatic N) is 2. The summed E-state index contributed by atoms with van der Waals surface area (Å²) in [6.45, 7) is 0.298. The number of Topliss-reactive ketones (excluding diaryl/α,β-unsaturated/α-hetero) is 1. The van der Waals surface area contributed by atoms with E-state index < -0.39 is 0 Å². The molecule has 1 heterocycles. The molecule has 0 amide bonds. The first-order valence-electron chi connectivity index (χ1n) is 8.37. The third kappa shape index (κ3) is 3.22. The van der Waals surface area contributed by atoms with Crippen molar-refractivity contribution in [2.45, 2.75) is 13.0 Å². The van der Waals surface area contributed by atoms with Crippen LogP contribution in [0.25, 0.3) is 11.0 Å². The fourth-order valence-electron chi connectivity index (χ4n) is 3.07. The Labute approximate surface area is 146 Å². The topological polar surface area (TPSA) is 34.9 Å². The van der Waals surface area contributed by atoms with E-state index in [9.17, 15) is 4.79 Å². The van der Waals surface area contributed by atoms with Gasteiger partial charge >= 0.3 is 0 Å². The summed E-state index contributed by atoms with van der Waals surface area (Å²) in [5.74, 6) is 1.01. The Balaban J connectivity index is 1.73. The van der Waals surface area contributed by atoms with E-state index in [2.05, 4.69) is 12.1 Å². The molecule has 3 nitrogen and oxygen atoms in total. The van der Waals surface area contributed by atoms with E-state index in [1.54, 1.807) is 0 Å². The average molecular weight is 326 g/mol. The molecular formula is C22H18N2O. The molecule has 1 aromatic heterocycles. The van der Waals surface area contributed by atoms with Crippen LogP contribution in [-0.2, 0) is 13.0 Å². The van der Waals surface area contributed by atoms with Crippen LogP contribution in [0.1, 0.15) is 21.7 Å². The lowest BCUT2D eigenvalue weighted by Crippen LogP contribution is -2.13. The molecule has 4 aromatic rings. The fourth-order valence-corrected chi connectivity index (χ4v) is 3.07. The first-order chi connectivity index (χ1) is 12.3. The minimum Gasteiger partial charge on any atom is -0.320 e. The van der Waals surface area contributed by atoms with Gasteiger partial charge in [-0.05, 0) is 17.7 Å². The Bertz CT molecular complexity index is 1000. The number of para-hydroxylation sites is 2. The summed E-state index contributed by atoms with van der Waals surface area (Å²) in [6.07, 6.45) is 0.706. The highest BCUT2D eigenvalue weighted by Gasteiger charge is 2.15. The highest BCUT2D eigenvalue weighted by Crippen LogP contribution is 2.19. The van der Waals surface area contributed by atoms with E-state index in [-0.39, 0.29) is 5.78 Å². The van der Waals surface area contributed by atoms with Gasteiger partial charge in [0.1, 0.15) is 5.82 Å².